The zero-order valence-electron chi connectivity index (χ0n) is 20.4. The van der Waals surface area contributed by atoms with Gasteiger partial charge in [0.1, 0.15) is 5.69 Å². The Labute approximate surface area is 224 Å². The van der Waals surface area contributed by atoms with Gasteiger partial charge in [-0.3, -0.25) is 9.78 Å². The van der Waals surface area contributed by atoms with Crippen LogP contribution in [0.2, 0.25) is 0 Å². The van der Waals surface area contributed by atoms with Gasteiger partial charge in [-0.15, -0.1) is 5.10 Å². The normalized spacial score (nSPS) is 15.0. The fourth-order valence-corrected chi connectivity index (χ4v) is 4.22. The minimum absolute atomic E-state index is 0.0333. The molecule has 1 aliphatic heterocycles. The van der Waals surface area contributed by atoms with Gasteiger partial charge in [-0.05, 0) is 29.8 Å². The van der Waals surface area contributed by atoms with Crippen LogP contribution < -0.4 is 10.6 Å². The van der Waals surface area contributed by atoms with Crippen molar-refractivity contribution in [2.24, 2.45) is 4.99 Å². The number of pyridine rings is 2. The number of aromatic nitrogens is 4. The maximum absolute atomic E-state index is 13.4. The number of benzodiazepines with no additional fused rings is 1. The number of aliphatic imine (C=N–C) groups is 1. The van der Waals surface area contributed by atoms with E-state index in [1.54, 1.807) is 24.3 Å². The summed E-state index contributed by atoms with van der Waals surface area (Å²) < 4.78 is 46.0. The third kappa shape index (κ3) is 4.89. The van der Waals surface area contributed by atoms with E-state index in [-0.39, 0.29) is 23.2 Å². The van der Waals surface area contributed by atoms with Gasteiger partial charge in [-0.25, -0.2) is 9.98 Å². The molecule has 3 aromatic heterocycles. The number of anilines is 2. The largest absolute Gasteiger partial charge is 0.417 e. The Hall–Kier alpha value is -5.39. The van der Waals surface area contributed by atoms with E-state index in [0.29, 0.717) is 23.2 Å². The number of para-hydroxylation sites is 1. The van der Waals surface area contributed by atoms with Crippen LogP contribution in [0.5, 0.6) is 0 Å². The molecule has 1 aliphatic rings. The van der Waals surface area contributed by atoms with E-state index in [1.165, 1.54) is 12.4 Å². The lowest BCUT2D eigenvalue weighted by atomic mass is 10.0. The fourth-order valence-electron chi connectivity index (χ4n) is 4.22. The lowest BCUT2D eigenvalue weighted by Crippen LogP contribution is -2.32. The topological polar surface area (TPSA) is 118 Å². The molecule has 4 heterocycles. The SMILES string of the molecule is O=C1Nc2ccccc2C(c2ccccc2)=NC1Nc1nnc(-c2ncc(C(F)(F)F)cc2-c2ccncc2)o1. The quantitative estimate of drug-likeness (QED) is 0.304. The van der Waals surface area contributed by atoms with Gasteiger partial charge in [0.25, 0.3) is 11.8 Å². The van der Waals surface area contributed by atoms with E-state index in [4.69, 9.17) is 4.42 Å². The highest BCUT2D eigenvalue weighted by Crippen LogP contribution is 2.36. The summed E-state index contributed by atoms with van der Waals surface area (Å²) in [5.41, 5.74) is 2.32. The minimum Gasteiger partial charge on any atom is -0.402 e. The molecule has 0 saturated carbocycles. The van der Waals surface area contributed by atoms with Gasteiger partial charge in [0.2, 0.25) is 6.17 Å². The molecule has 9 nitrogen and oxygen atoms in total. The van der Waals surface area contributed by atoms with Crippen LogP contribution >= 0.6 is 0 Å². The van der Waals surface area contributed by atoms with Gasteiger partial charge in [0.05, 0.1) is 17.0 Å². The number of carbonyl (C=O) groups is 1. The number of hydrogen-bond donors (Lipinski definition) is 2. The fraction of sp³-hybridized carbons (Fsp3) is 0.0714. The molecule has 0 aliphatic carbocycles. The van der Waals surface area contributed by atoms with E-state index in [9.17, 15) is 18.0 Å². The Balaban J connectivity index is 1.36. The van der Waals surface area contributed by atoms with Crippen molar-refractivity contribution in [3.8, 4) is 22.7 Å². The molecule has 198 valence electrons. The van der Waals surface area contributed by atoms with E-state index < -0.39 is 23.8 Å². The molecular formula is C28H18F3N7O2. The molecule has 5 aromatic rings. The standard InChI is InChI=1S/C28H18F3N7O2/c29-28(30,31)18-14-20(16-10-12-32-13-11-16)23(33-15-18)26-37-38-27(40-26)36-24-25(39)34-21-9-5-4-8-19(21)22(35-24)17-6-2-1-3-7-17/h1-15,24H,(H,34,39)(H,36,38). The second kappa shape index (κ2) is 10.1. The van der Waals surface area contributed by atoms with Crippen molar-refractivity contribution >= 4 is 23.3 Å². The molecule has 0 bridgehead atoms. The maximum Gasteiger partial charge on any atom is 0.417 e. The lowest BCUT2D eigenvalue weighted by Gasteiger charge is -2.12. The van der Waals surface area contributed by atoms with Crippen molar-refractivity contribution in [2.45, 2.75) is 12.3 Å². The zero-order valence-corrected chi connectivity index (χ0v) is 20.4. The third-order valence-corrected chi connectivity index (χ3v) is 6.09. The first kappa shape index (κ1) is 24.9. The molecule has 0 saturated heterocycles. The van der Waals surface area contributed by atoms with Crippen molar-refractivity contribution in [1.82, 2.24) is 20.2 Å². The van der Waals surface area contributed by atoms with Crippen LogP contribution in [0.25, 0.3) is 22.7 Å². The average Bonchev–Trinajstić information content (AvgIpc) is 3.38. The summed E-state index contributed by atoms with van der Waals surface area (Å²) in [4.78, 5) is 25.7. The van der Waals surface area contributed by atoms with Gasteiger partial charge in [0, 0.05) is 35.3 Å². The molecule has 0 radical (unpaired) electrons. The first-order valence-corrected chi connectivity index (χ1v) is 12.0. The summed E-state index contributed by atoms with van der Waals surface area (Å²) in [5, 5.41) is 13.6. The van der Waals surface area contributed by atoms with Crippen LogP contribution in [0.15, 0.2) is 101 Å². The predicted molar refractivity (Wildman–Crippen MR) is 140 cm³/mol. The summed E-state index contributed by atoms with van der Waals surface area (Å²) in [7, 11) is 0. The van der Waals surface area contributed by atoms with Crippen LogP contribution in [0.1, 0.15) is 16.7 Å². The number of nitrogens with zero attached hydrogens (tertiary/aromatic N) is 5. The van der Waals surface area contributed by atoms with Crippen LogP contribution in [0.4, 0.5) is 24.9 Å². The number of amides is 1. The highest BCUT2D eigenvalue weighted by molar-refractivity contribution is 6.19. The van der Waals surface area contributed by atoms with Crippen LogP contribution in [-0.2, 0) is 11.0 Å². The molecule has 12 heteroatoms. The Morgan fingerprint density at radius 2 is 1.62 bits per heavy atom. The van der Waals surface area contributed by atoms with Crippen LogP contribution in [-0.4, -0.2) is 37.9 Å². The van der Waals surface area contributed by atoms with E-state index in [0.717, 1.165) is 17.2 Å². The second-order valence-electron chi connectivity index (χ2n) is 8.69. The number of halogens is 3. The highest BCUT2D eigenvalue weighted by atomic mass is 19.4. The Kier molecular flexibility index (Phi) is 6.27. The van der Waals surface area contributed by atoms with Gasteiger partial charge in [0.15, 0.2) is 0 Å². The first-order chi connectivity index (χ1) is 19.4. The predicted octanol–water partition coefficient (Wildman–Crippen LogP) is 5.44. The number of hydrogen-bond acceptors (Lipinski definition) is 8. The highest BCUT2D eigenvalue weighted by Gasteiger charge is 2.33. The van der Waals surface area contributed by atoms with Crippen LogP contribution in [0, 0.1) is 0 Å². The number of rotatable bonds is 5. The number of alkyl halides is 3. The zero-order chi connectivity index (χ0) is 27.7. The minimum atomic E-state index is -4.60. The van der Waals surface area contributed by atoms with E-state index in [2.05, 4.69) is 35.8 Å². The van der Waals surface area contributed by atoms with E-state index in [1.807, 2.05) is 42.5 Å². The molecule has 6 rings (SSSR count). The summed E-state index contributed by atoms with van der Waals surface area (Å²) in [6, 6.07) is 20.5. The Bertz CT molecular complexity index is 1720. The first-order valence-electron chi connectivity index (χ1n) is 12.0. The third-order valence-electron chi connectivity index (χ3n) is 6.09. The number of nitrogens with one attached hydrogen (secondary N) is 2. The molecule has 2 N–H and O–H groups in total. The van der Waals surface area contributed by atoms with Crippen molar-refractivity contribution in [2.75, 3.05) is 10.6 Å². The summed E-state index contributed by atoms with van der Waals surface area (Å²) >= 11 is 0. The Morgan fingerprint density at radius 1 is 0.875 bits per heavy atom. The van der Waals surface area contributed by atoms with Gasteiger partial charge in [-0.2, -0.15) is 13.2 Å². The molecular weight excluding hydrogens is 523 g/mol. The molecule has 40 heavy (non-hydrogen) atoms. The number of benzene rings is 2. The molecule has 0 fully saturated rings. The van der Waals surface area contributed by atoms with E-state index >= 15 is 0 Å². The van der Waals surface area contributed by atoms with Gasteiger partial charge < -0.3 is 15.1 Å². The smallest absolute Gasteiger partial charge is 0.402 e. The van der Waals surface area contributed by atoms with Crippen molar-refractivity contribution in [3.63, 3.8) is 0 Å². The monoisotopic (exact) mass is 541 g/mol. The summed E-state index contributed by atoms with van der Waals surface area (Å²) in [6.45, 7) is 0. The van der Waals surface area contributed by atoms with Gasteiger partial charge >= 0.3 is 12.2 Å². The molecule has 0 spiro atoms. The van der Waals surface area contributed by atoms with Gasteiger partial charge in [-0.1, -0.05) is 53.6 Å². The second-order valence-corrected chi connectivity index (χ2v) is 8.69. The molecule has 2 aromatic carbocycles. The summed E-state index contributed by atoms with van der Waals surface area (Å²) in [6.07, 6.45) is -2.16. The van der Waals surface area contributed by atoms with Crippen LogP contribution in [0.3, 0.4) is 0 Å². The summed E-state index contributed by atoms with van der Waals surface area (Å²) in [5.74, 6) is -0.615. The van der Waals surface area contributed by atoms with Crippen molar-refractivity contribution < 1.29 is 22.4 Å². The maximum atomic E-state index is 13.4. The Morgan fingerprint density at radius 3 is 2.40 bits per heavy atom. The van der Waals surface area contributed by atoms with Crippen molar-refractivity contribution in [3.05, 3.63) is 108 Å². The number of fused-ring (bicyclic) bond motifs is 1. The lowest BCUT2D eigenvalue weighted by molar-refractivity contribution is -0.137. The molecule has 1 amide bonds. The molecule has 1 atom stereocenters. The molecule has 1 unspecified atom stereocenters. The van der Waals surface area contributed by atoms with Crippen molar-refractivity contribution in [1.29, 1.82) is 0 Å². The number of carbonyl (C=O) groups excluding carboxylic acids is 1. The average molecular weight is 541 g/mol.